The van der Waals surface area contributed by atoms with Crippen LogP contribution in [0.3, 0.4) is 0 Å². The average molecular weight is 464 g/mol. The van der Waals surface area contributed by atoms with Gasteiger partial charge in [0.25, 0.3) is 0 Å². The molecular formula is C26H33N5O3. The third-order valence-electron chi connectivity index (χ3n) is 5.95. The van der Waals surface area contributed by atoms with Crippen LogP contribution in [-0.4, -0.2) is 64.9 Å². The predicted octanol–water partition coefficient (Wildman–Crippen LogP) is 3.41. The SMILES string of the molecule is COc1ccc(N2CCN(C(=O)Cc3nc(C)n[nH]3)[C@@H](Cc3ccccc3)C2)cc1OC(C)C. The minimum absolute atomic E-state index is 0.0317. The van der Waals surface area contributed by atoms with Crippen LogP contribution >= 0.6 is 0 Å². The van der Waals surface area contributed by atoms with Gasteiger partial charge >= 0.3 is 0 Å². The number of ether oxygens (including phenoxy) is 2. The Bertz CT molecular complexity index is 1100. The Labute approximate surface area is 200 Å². The zero-order chi connectivity index (χ0) is 24.1. The monoisotopic (exact) mass is 463 g/mol. The van der Waals surface area contributed by atoms with Crippen molar-refractivity contribution in [1.29, 1.82) is 0 Å². The van der Waals surface area contributed by atoms with E-state index < -0.39 is 0 Å². The number of rotatable bonds is 8. The molecule has 0 aliphatic carbocycles. The zero-order valence-corrected chi connectivity index (χ0v) is 20.3. The van der Waals surface area contributed by atoms with Gasteiger partial charge in [0.2, 0.25) is 5.91 Å². The first-order chi connectivity index (χ1) is 16.4. The molecule has 1 aromatic heterocycles. The molecule has 2 heterocycles. The number of aromatic amines is 1. The van der Waals surface area contributed by atoms with Crippen molar-refractivity contribution in [1.82, 2.24) is 20.1 Å². The van der Waals surface area contributed by atoms with E-state index in [1.54, 1.807) is 7.11 Å². The third kappa shape index (κ3) is 5.68. The molecule has 8 nitrogen and oxygen atoms in total. The van der Waals surface area contributed by atoms with E-state index in [2.05, 4.69) is 38.3 Å². The Balaban J connectivity index is 1.55. The van der Waals surface area contributed by atoms with Crippen molar-refractivity contribution in [2.45, 2.75) is 45.8 Å². The molecule has 0 unspecified atom stereocenters. The molecule has 0 saturated carbocycles. The third-order valence-corrected chi connectivity index (χ3v) is 5.95. The number of piperazine rings is 1. The summed E-state index contributed by atoms with van der Waals surface area (Å²) in [6.45, 7) is 7.91. The lowest BCUT2D eigenvalue weighted by Gasteiger charge is -2.42. The topological polar surface area (TPSA) is 83.6 Å². The summed E-state index contributed by atoms with van der Waals surface area (Å²) in [5, 5.41) is 6.92. The molecule has 1 aliphatic rings. The Morgan fingerprint density at radius 2 is 1.94 bits per heavy atom. The molecule has 1 fully saturated rings. The quantitative estimate of drug-likeness (QED) is 0.551. The minimum Gasteiger partial charge on any atom is -0.493 e. The first kappa shape index (κ1) is 23.6. The highest BCUT2D eigenvalue weighted by Crippen LogP contribution is 2.33. The van der Waals surface area contributed by atoms with Crippen LogP contribution in [-0.2, 0) is 17.6 Å². The van der Waals surface area contributed by atoms with Gasteiger partial charge < -0.3 is 19.3 Å². The van der Waals surface area contributed by atoms with Crippen LogP contribution in [0.15, 0.2) is 48.5 Å². The molecule has 1 aliphatic heterocycles. The molecule has 180 valence electrons. The molecule has 2 aromatic carbocycles. The molecule has 34 heavy (non-hydrogen) atoms. The lowest BCUT2D eigenvalue weighted by atomic mass is 10.0. The largest absolute Gasteiger partial charge is 0.493 e. The summed E-state index contributed by atoms with van der Waals surface area (Å²) in [4.78, 5) is 21.9. The molecule has 1 saturated heterocycles. The van der Waals surface area contributed by atoms with Crippen molar-refractivity contribution >= 4 is 11.6 Å². The smallest absolute Gasteiger partial charge is 0.230 e. The number of nitrogens with zero attached hydrogens (tertiary/aromatic N) is 4. The number of H-pyrrole nitrogens is 1. The minimum atomic E-state index is 0.0317. The lowest BCUT2D eigenvalue weighted by Crippen LogP contribution is -2.56. The summed E-state index contributed by atoms with van der Waals surface area (Å²) in [5.74, 6) is 2.76. The normalized spacial score (nSPS) is 16.1. The fourth-order valence-corrected chi connectivity index (χ4v) is 4.40. The standard InChI is InChI=1S/C26H33N5O3/c1-18(2)34-24-15-21(10-11-23(24)33-4)30-12-13-31(26(32)16-25-27-19(3)28-29-25)22(17-30)14-20-8-6-5-7-9-20/h5-11,15,18,22H,12-14,16-17H2,1-4H3,(H,27,28,29)/t22-/m0/s1. The number of hydrogen-bond donors (Lipinski definition) is 1. The number of anilines is 1. The second-order valence-electron chi connectivity index (χ2n) is 8.88. The van der Waals surface area contributed by atoms with Crippen molar-refractivity contribution in [2.24, 2.45) is 0 Å². The molecule has 1 amide bonds. The predicted molar refractivity (Wildman–Crippen MR) is 131 cm³/mol. The van der Waals surface area contributed by atoms with E-state index in [1.165, 1.54) is 5.56 Å². The molecule has 3 aromatic rings. The summed E-state index contributed by atoms with van der Waals surface area (Å²) in [6.07, 6.45) is 1.05. The van der Waals surface area contributed by atoms with E-state index in [-0.39, 0.29) is 24.5 Å². The van der Waals surface area contributed by atoms with Crippen molar-refractivity contribution < 1.29 is 14.3 Å². The highest BCUT2D eigenvalue weighted by Gasteiger charge is 2.31. The van der Waals surface area contributed by atoms with Gasteiger partial charge in [-0.3, -0.25) is 9.89 Å². The fourth-order valence-electron chi connectivity index (χ4n) is 4.40. The van der Waals surface area contributed by atoms with E-state index in [0.29, 0.717) is 18.2 Å². The highest BCUT2D eigenvalue weighted by molar-refractivity contribution is 5.78. The second-order valence-corrected chi connectivity index (χ2v) is 8.88. The summed E-state index contributed by atoms with van der Waals surface area (Å²) in [5.41, 5.74) is 2.27. The van der Waals surface area contributed by atoms with Gasteiger partial charge in [0.1, 0.15) is 11.6 Å². The number of aromatic nitrogens is 3. The van der Waals surface area contributed by atoms with Crippen LogP contribution in [0.5, 0.6) is 11.5 Å². The van der Waals surface area contributed by atoms with Gasteiger partial charge in [-0.2, -0.15) is 5.10 Å². The van der Waals surface area contributed by atoms with Gasteiger partial charge in [0.15, 0.2) is 11.5 Å². The zero-order valence-electron chi connectivity index (χ0n) is 20.3. The number of amides is 1. The number of carbonyl (C=O) groups excluding carboxylic acids is 1. The average Bonchev–Trinajstić information content (AvgIpc) is 3.23. The summed E-state index contributed by atoms with van der Waals surface area (Å²) >= 11 is 0. The fraction of sp³-hybridized carbons (Fsp3) is 0.423. The highest BCUT2D eigenvalue weighted by atomic mass is 16.5. The molecule has 0 bridgehead atoms. The van der Waals surface area contributed by atoms with E-state index in [1.807, 2.05) is 56.0 Å². The molecule has 4 rings (SSSR count). The molecule has 0 spiro atoms. The van der Waals surface area contributed by atoms with Gasteiger partial charge in [-0.25, -0.2) is 4.98 Å². The maximum Gasteiger partial charge on any atom is 0.230 e. The van der Waals surface area contributed by atoms with E-state index in [0.717, 1.165) is 36.7 Å². The van der Waals surface area contributed by atoms with Gasteiger partial charge in [-0.15, -0.1) is 0 Å². The van der Waals surface area contributed by atoms with Crippen LogP contribution in [0.4, 0.5) is 5.69 Å². The maximum atomic E-state index is 13.3. The van der Waals surface area contributed by atoms with Gasteiger partial charge in [-0.1, -0.05) is 30.3 Å². The Morgan fingerprint density at radius 3 is 2.62 bits per heavy atom. The van der Waals surface area contributed by atoms with Crippen molar-refractivity contribution in [3.8, 4) is 11.5 Å². The van der Waals surface area contributed by atoms with Crippen molar-refractivity contribution in [2.75, 3.05) is 31.6 Å². The number of hydrogen-bond acceptors (Lipinski definition) is 6. The Hall–Kier alpha value is -3.55. The molecule has 1 atom stereocenters. The number of benzene rings is 2. The second kappa shape index (κ2) is 10.6. The van der Waals surface area contributed by atoms with Gasteiger partial charge in [0, 0.05) is 31.4 Å². The van der Waals surface area contributed by atoms with Crippen molar-refractivity contribution in [3.05, 3.63) is 65.7 Å². The number of methoxy groups -OCH3 is 1. The molecule has 0 radical (unpaired) electrons. The van der Waals surface area contributed by atoms with Gasteiger partial charge in [-0.05, 0) is 44.9 Å². The molecule has 1 N–H and O–H groups in total. The van der Waals surface area contributed by atoms with Crippen LogP contribution in [0.1, 0.15) is 31.1 Å². The summed E-state index contributed by atoms with van der Waals surface area (Å²) < 4.78 is 11.5. The number of nitrogens with one attached hydrogen (secondary N) is 1. The van der Waals surface area contributed by atoms with Crippen LogP contribution in [0, 0.1) is 6.92 Å². The molecular weight excluding hydrogens is 430 g/mol. The Morgan fingerprint density at radius 1 is 1.15 bits per heavy atom. The first-order valence-electron chi connectivity index (χ1n) is 11.7. The van der Waals surface area contributed by atoms with E-state index in [4.69, 9.17) is 9.47 Å². The summed E-state index contributed by atoms with van der Waals surface area (Å²) in [6, 6.07) is 16.4. The van der Waals surface area contributed by atoms with E-state index >= 15 is 0 Å². The molecule has 8 heteroatoms. The maximum absolute atomic E-state index is 13.3. The van der Waals surface area contributed by atoms with Crippen LogP contribution < -0.4 is 14.4 Å². The van der Waals surface area contributed by atoms with Crippen LogP contribution in [0.25, 0.3) is 0 Å². The van der Waals surface area contributed by atoms with Gasteiger partial charge in [0.05, 0.1) is 25.7 Å². The lowest BCUT2D eigenvalue weighted by molar-refractivity contribution is -0.133. The van der Waals surface area contributed by atoms with Crippen LogP contribution in [0.2, 0.25) is 0 Å². The first-order valence-corrected chi connectivity index (χ1v) is 11.7. The van der Waals surface area contributed by atoms with E-state index in [9.17, 15) is 4.79 Å². The number of carbonyl (C=O) groups is 1. The van der Waals surface area contributed by atoms with Crippen molar-refractivity contribution in [3.63, 3.8) is 0 Å². The number of aryl methyl sites for hydroxylation is 1. The summed E-state index contributed by atoms with van der Waals surface area (Å²) in [7, 11) is 1.65. The Kier molecular flexibility index (Phi) is 7.35.